The fraction of sp³-hybridized carbons (Fsp3) is 0.351. The lowest BCUT2D eigenvalue weighted by Gasteiger charge is -2.51. The molecular weight excluding hydrogens is 1150 g/mol. The Morgan fingerprint density at radius 3 is 0.956 bits per heavy atom. The van der Waals surface area contributed by atoms with Crippen molar-refractivity contribution in [2.24, 2.45) is 5.11 Å². The molecule has 0 unspecified atom stereocenters. The Morgan fingerprint density at radius 1 is 0.341 bits per heavy atom. The Morgan fingerprint density at radius 2 is 0.615 bits per heavy atom. The average Bonchev–Trinajstić information content (AvgIpc) is 0.847. The molecule has 3 saturated heterocycles. The van der Waals surface area contributed by atoms with Crippen LogP contribution in [0.1, 0.15) is 51.4 Å². The van der Waals surface area contributed by atoms with Gasteiger partial charge in [0.2, 0.25) is 0 Å². The van der Waals surface area contributed by atoms with Crippen LogP contribution in [-0.2, 0) is 114 Å². The van der Waals surface area contributed by atoms with E-state index in [0.717, 1.165) is 44.5 Å². The number of benzene rings is 8. The fourth-order valence-corrected chi connectivity index (χ4v) is 11.5. The molecule has 3 heterocycles. The number of ether oxygens (including phenoxy) is 13. The lowest BCUT2D eigenvalue weighted by Crippen LogP contribution is -2.67. The van der Waals surface area contributed by atoms with E-state index in [1.165, 1.54) is 0 Å². The predicted molar refractivity (Wildman–Crippen MR) is 339 cm³/mol. The first kappa shape index (κ1) is 65.0. The molecule has 474 valence electrons. The van der Waals surface area contributed by atoms with Gasteiger partial charge in [-0.25, -0.2) is 0 Å². The highest BCUT2D eigenvalue weighted by molar-refractivity contribution is 5.20. The van der Waals surface area contributed by atoms with Crippen molar-refractivity contribution in [2.45, 2.75) is 152 Å². The summed E-state index contributed by atoms with van der Waals surface area (Å²) in [6.07, 6.45) is -15.0. The van der Waals surface area contributed by atoms with Crippen molar-refractivity contribution < 1.29 is 66.7 Å². The van der Waals surface area contributed by atoms with Crippen LogP contribution >= 0.6 is 0 Å². The average molecular weight is 1230 g/mol. The van der Waals surface area contributed by atoms with Crippen LogP contribution in [0.15, 0.2) is 248 Å². The van der Waals surface area contributed by atoms with Gasteiger partial charge in [0.25, 0.3) is 0 Å². The maximum Gasteiger partial charge on any atom is 0.187 e. The van der Waals surface area contributed by atoms with Crippen LogP contribution in [0.25, 0.3) is 10.4 Å². The number of aliphatic hydroxyl groups is 1. The number of rotatable bonds is 31. The van der Waals surface area contributed by atoms with Crippen LogP contribution in [0, 0.1) is 0 Å². The van der Waals surface area contributed by atoms with Gasteiger partial charge in [0.1, 0.15) is 54.9 Å². The van der Waals surface area contributed by atoms with E-state index in [0.29, 0.717) is 0 Å². The van der Waals surface area contributed by atoms with Crippen LogP contribution in [0.4, 0.5) is 0 Å². The molecule has 0 amide bonds. The quantitative estimate of drug-likeness (QED) is 0.0245. The molecule has 0 spiro atoms. The van der Waals surface area contributed by atoms with Crippen LogP contribution in [0.2, 0.25) is 0 Å². The van der Waals surface area contributed by atoms with Crippen molar-refractivity contribution in [3.05, 3.63) is 298 Å². The zero-order valence-corrected chi connectivity index (χ0v) is 50.9. The van der Waals surface area contributed by atoms with E-state index in [1.54, 1.807) is 6.92 Å². The maximum atomic E-state index is 12.2. The highest BCUT2D eigenvalue weighted by Gasteiger charge is 2.56. The standard InChI is InChI=1S/C74H79N3O14/c1-52-63(76-77-75)64(78)67(81-44-55-30-14-4-15-31-55)73(87-52)90-66-62(51-80-43-54-28-12-3-13-29-54)89-74(71(85-48-59-38-22-8-23-39-59)69(66)83-46-57-34-18-6-19-35-57)91-65-61(50-79-42-53-26-10-2-11-27-53)88-72(86-49-60-40-24-9-25-41-60)70(84-47-58-36-20-7-21-37-58)68(65)82-45-56-32-16-5-17-33-56/h2-41,52,61-74,78H,42-51H2,1H3/t52-,61-,62-,63-,64+,65-,66-,67-,68+,69+,70-,71-,72-,73-,74-/m1/s1. The highest BCUT2D eigenvalue weighted by Crippen LogP contribution is 2.39. The monoisotopic (exact) mass is 1230 g/mol. The summed E-state index contributed by atoms with van der Waals surface area (Å²) in [6, 6.07) is 77.7. The molecule has 0 saturated carbocycles. The normalized spacial score (nSPS) is 26.5. The number of nitrogens with zero attached hydrogens (tertiary/aromatic N) is 3. The van der Waals surface area contributed by atoms with Crippen LogP contribution in [0.5, 0.6) is 0 Å². The first-order chi connectivity index (χ1) is 44.9. The van der Waals surface area contributed by atoms with E-state index in [2.05, 4.69) is 10.0 Å². The Balaban J connectivity index is 1.02. The molecule has 8 aromatic carbocycles. The molecule has 17 heteroatoms. The van der Waals surface area contributed by atoms with E-state index in [9.17, 15) is 10.6 Å². The Bertz CT molecular complexity index is 3370. The van der Waals surface area contributed by atoms with Crippen molar-refractivity contribution in [2.75, 3.05) is 13.2 Å². The van der Waals surface area contributed by atoms with Crippen molar-refractivity contribution in [1.29, 1.82) is 0 Å². The van der Waals surface area contributed by atoms with Crippen molar-refractivity contribution in [3.63, 3.8) is 0 Å². The van der Waals surface area contributed by atoms with Gasteiger partial charge >= 0.3 is 0 Å². The van der Waals surface area contributed by atoms with E-state index in [-0.39, 0.29) is 66.1 Å². The Labute approximate surface area is 532 Å². The number of azide groups is 1. The SMILES string of the molecule is C[C@H]1O[C@H](O[C@H]2[C@H](OCc3ccccc3)[C@@H](OCc3ccccc3)[C@@H](O[C@H]3[C@H](OCc4ccccc4)[C@@H](OCc4ccccc4)[C@H](OCc4ccccc4)O[C@@H]3COCc3ccccc3)O[C@@H]2COCc2ccccc2)[C@H](OCc2ccccc2)[C@@H](O)[C@@H]1N=[N+]=[N-]. The third-order valence-electron chi connectivity index (χ3n) is 16.2. The minimum Gasteiger partial charge on any atom is -0.390 e. The first-order valence-electron chi connectivity index (χ1n) is 31.1. The van der Waals surface area contributed by atoms with Gasteiger partial charge in [0.15, 0.2) is 18.9 Å². The minimum atomic E-state index is -1.37. The minimum absolute atomic E-state index is 0.0215. The molecule has 0 bridgehead atoms. The number of hydrogen-bond acceptors (Lipinski definition) is 15. The molecule has 0 aromatic heterocycles. The summed E-state index contributed by atoms with van der Waals surface area (Å²) in [4.78, 5) is 3.08. The second-order valence-electron chi connectivity index (χ2n) is 22.8. The van der Waals surface area contributed by atoms with Crippen molar-refractivity contribution in [1.82, 2.24) is 0 Å². The molecule has 0 radical (unpaired) electrons. The molecule has 15 atom stereocenters. The van der Waals surface area contributed by atoms with Gasteiger partial charge in [-0.1, -0.05) is 248 Å². The van der Waals surface area contributed by atoms with Gasteiger partial charge in [-0.3, -0.25) is 0 Å². The molecule has 0 aliphatic carbocycles. The lowest BCUT2D eigenvalue weighted by atomic mass is 9.94. The molecule has 8 aromatic rings. The first-order valence-corrected chi connectivity index (χ1v) is 31.1. The summed E-state index contributed by atoms with van der Waals surface area (Å²) >= 11 is 0. The molecular formula is C74H79N3O14. The second kappa shape index (κ2) is 34.3. The maximum absolute atomic E-state index is 12.2. The third-order valence-corrected chi connectivity index (χ3v) is 16.2. The van der Waals surface area contributed by atoms with Crippen molar-refractivity contribution >= 4 is 0 Å². The summed E-state index contributed by atoms with van der Waals surface area (Å²) < 4.78 is 91.9. The summed E-state index contributed by atoms with van der Waals surface area (Å²) in [5.74, 6) is 0. The summed E-state index contributed by atoms with van der Waals surface area (Å²) in [7, 11) is 0. The smallest absolute Gasteiger partial charge is 0.187 e. The molecule has 3 aliphatic rings. The number of aliphatic hydroxyl groups excluding tert-OH is 1. The Hall–Kier alpha value is -7.49. The Kier molecular flexibility index (Phi) is 24.5. The lowest BCUT2D eigenvalue weighted by molar-refractivity contribution is -0.390. The number of hydrogen-bond donors (Lipinski definition) is 1. The molecule has 1 N–H and O–H groups in total. The second-order valence-corrected chi connectivity index (χ2v) is 22.8. The summed E-state index contributed by atoms with van der Waals surface area (Å²) in [5, 5.41) is 16.2. The predicted octanol–water partition coefficient (Wildman–Crippen LogP) is 12.6. The third kappa shape index (κ3) is 18.6. The van der Waals surface area contributed by atoms with Gasteiger partial charge in [-0.15, -0.1) is 0 Å². The van der Waals surface area contributed by atoms with Gasteiger partial charge < -0.3 is 66.7 Å². The summed E-state index contributed by atoms with van der Waals surface area (Å²) in [5.41, 5.74) is 17.0. The van der Waals surface area contributed by atoms with Gasteiger partial charge in [-0.05, 0) is 57.0 Å². The molecule has 3 fully saturated rings. The van der Waals surface area contributed by atoms with Crippen LogP contribution < -0.4 is 0 Å². The van der Waals surface area contributed by atoms with E-state index in [1.807, 2.05) is 243 Å². The fourth-order valence-electron chi connectivity index (χ4n) is 11.5. The van der Waals surface area contributed by atoms with Crippen LogP contribution in [-0.4, -0.2) is 110 Å². The highest BCUT2D eigenvalue weighted by atomic mass is 16.8. The molecule has 3 aliphatic heterocycles. The van der Waals surface area contributed by atoms with E-state index >= 15 is 0 Å². The largest absolute Gasteiger partial charge is 0.390 e. The van der Waals surface area contributed by atoms with Gasteiger partial charge in [-0.2, -0.15) is 0 Å². The van der Waals surface area contributed by atoms with Gasteiger partial charge in [0, 0.05) is 4.91 Å². The van der Waals surface area contributed by atoms with Crippen molar-refractivity contribution in [3.8, 4) is 0 Å². The van der Waals surface area contributed by atoms with E-state index in [4.69, 9.17) is 61.6 Å². The molecule has 91 heavy (non-hydrogen) atoms. The zero-order valence-electron chi connectivity index (χ0n) is 50.9. The van der Waals surface area contributed by atoms with Gasteiger partial charge in [0.05, 0.1) is 84.3 Å². The summed E-state index contributed by atoms with van der Waals surface area (Å²) in [6.45, 7) is 2.96. The van der Waals surface area contributed by atoms with Crippen LogP contribution in [0.3, 0.4) is 0 Å². The van der Waals surface area contributed by atoms with E-state index < -0.39 is 92.1 Å². The zero-order chi connectivity index (χ0) is 62.2. The molecule has 17 nitrogen and oxygen atoms in total. The topological polar surface area (TPSA) is 189 Å². The molecule has 11 rings (SSSR count).